The first-order valence-corrected chi connectivity index (χ1v) is 10.5. The highest BCUT2D eigenvalue weighted by Crippen LogP contribution is 2.23. The van der Waals surface area contributed by atoms with Crippen LogP contribution in [0.25, 0.3) is 5.57 Å². The number of nitrogens with zero attached hydrogens (tertiary/aromatic N) is 2. The molecule has 0 saturated carbocycles. The SMILES string of the molecule is C/C=C(\C=NC)c1cccc(C(=O)N2C[C@H](O)C[C@H]2C(=O)NCc2ccc(Cl)cc2)c1. The van der Waals surface area contributed by atoms with Crippen molar-refractivity contribution >= 4 is 35.2 Å². The Bertz CT molecular complexity index is 1000. The molecule has 3 rings (SSSR count). The van der Waals surface area contributed by atoms with Crippen LogP contribution in [0.3, 0.4) is 0 Å². The molecule has 0 radical (unpaired) electrons. The summed E-state index contributed by atoms with van der Waals surface area (Å²) < 4.78 is 0. The fourth-order valence-electron chi connectivity index (χ4n) is 3.65. The summed E-state index contributed by atoms with van der Waals surface area (Å²) in [6.07, 6.45) is 3.12. The van der Waals surface area contributed by atoms with Crippen molar-refractivity contribution in [2.24, 2.45) is 4.99 Å². The predicted octanol–water partition coefficient (Wildman–Crippen LogP) is 3.34. The molecule has 2 aromatic rings. The molecule has 0 aromatic heterocycles. The molecule has 1 heterocycles. The number of hydrogen-bond donors (Lipinski definition) is 2. The molecule has 31 heavy (non-hydrogen) atoms. The highest BCUT2D eigenvalue weighted by molar-refractivity contribution is 6.30. The summed E-state index contributed by atoms with van der Waals surface area (Å²) in [5.74, 6) is -0.572. The van der Waals surface area contributed by atoms with E-state index >= 15 is 0 Å². The molecule has 2 N–H and O–H groups in total. The van der Waals surface area contributed by atoms with Crippen LogP contribution in [0.4, 0.5) is 0 Å². The van der Waals surface area contributed by atoms with Crippen molar-refractivity contribution in [3.8, 4) is 0 Å². The Morgan fingerprint density at radius 1 is 1.23 bits per heavy atom. The summed E-state index contributed by atoms with van der Waals surface area (Å²) in [6.45, 7) is 2.35. The Hall–Kier alpha value is -2.96. The molecule has 0 spiro atoms. The highest BCUT2D eigenvalue weighted by Gasteiger charge is 2.39. The molecule has 0 aliphatic carbocycles. The van der Waals surface area contributed by atoms with E-state index in [0.717, 1.165) is 16.7 Å². The zero-order valence-corrected chi connectivity index (χ0v) is 18.3. The molecule has 7 heteroatoms. The first kappa shape index (κ1) is 22.7. The lowest BCUT2D eigenvalue weighted by molar-refractivity contribution is -0.125. The van der Waals surface area contributed by atoms with Gasteiger partial charge in [-0.3, -0.25) is 14.6 Å². The molecule has 162 valence electrons. The van der Waals surface area contributed by atoms with E-state index < -0.39 is 12.1 Å². The smallest absolute Gasteiger partial charge is 0.254 e. The molecule has 2 aromatic carbocycles. The Morgan fingerprint density at radius 2 is 1.94 bits per heavy atom. The van der Waals surface area contributed by atoms with Crippen LogP contribution in [0.2, 0.25) is 5.02 Å². The van der Waals surface area contributed by atoms with Crippen LogP contribution < -0.4 is 5.32 Å². The number of aliphatic hydroxyl groups excluding tert-OH is 1. The van der Waals surface area contributed by atoms with Crippen molar-refractivity contribution in [3.05, 3.63) is 76.3 Å². The zero-order valence-electron chi connectivity index (χ0n) is 17.6. The van der Waals surface area contributed by atoms with Crippen molar-refractivity contribution in [1.29, 1.82) is 0 Å². The standard InChI is InChI=1S/C24H26ClN3O3/c1-3-17(14-26-2)18-5-4-6-19(11-18)24(31)28-15-21(29)12-22(28)23(30)27-13-16-7-9-20(25)10-8-16/h3-11,14,21-22,29H,12-13,15H2,1-2H3,(H,27,30)/b17-3+,26-14?/t21-,22+/m1/s1. The number of allylic oxidation sites excluding steroid dienone is 2. The Kier molecular flexibility index (Phi) is 7.60. The minimum Gasteiger partial charge on any atom is -0.391 e. The molecular formula is C24H26ClN3O3. The summed E-state index contributed by atoms with van der Waals surface area (Å²) in [5.41, 5.74) is 3.13. The average molecular weight is 440 g/mol. The van der Waals surface area contributed by atoms with Crippen molar-refractivity contribution in [2.75, 3.05) is 13.6 Å². The number of aliphatic hydroxyl groups is 1. The monoisotopic (exact) mass is 439 g/mol. The van der Waals surface area contributed by atoms with E-state index in [-0.39, 0.29) is 24.8 Å². The lowest BCUT2D eigenvalue weighted by atomic mass is 10.0. The van der Waals surface area contributed by atoms with Gasteiger partial charge in [0.2, 0.25) is 5.91 Å². The number of benzene rings is 2. The number of carbonyl (C=O) groups excluding carboxylic acids is 2. The van der Waals surface area contributed by atoms with E-state index in [1.54, 1.807) is 43.6 Å². The van der Waals surface area contributed by atoms with Gasteiger partial charge in [0.15, 0.2) is 0 Å². The van der Waals surface area contributed by atoms with Gasteiger partial charge in [-0.1, -0.05) is 41.9 Å². The van der Waals surface area contributed by atoms with Gasteiger partial charge in [-0.15, -0.1) is 0 Å². The molecule has 0 unspecified atom stereocenters. The highest BCUT2D eigenvalue weighted by atomic mass is 35.5. The van der Waals surface area contributed by atoms with Crippen molar-refractivity contribution in [3.63, 3.8) is 0 Å². The molecule has 2 amide bonds. The van der Waals surface area contributed by atoms with Crippen LogP contribution in [0.15, 0.2) is 59.6 Å². The van der Waals surface area contributed by atoms with Gasteiger partial charge in [0.05, 0.1) is 6.10 Å². The maximum atomic E-state index is 13.2. The number of rotatable bonds is 6. The van der Waals surface area contributed by atoms with Crippen molar-refractivity contribution in [2.45, 2.75) is 32.0 Å². The fourth-order valence-corrected chi connectivity index (χ4v) is 3.77. The van der Waals surface area contributed by atoms with E-state index in [9.17, 15) is 14.7 Å². The lowest BCUT2D eigenvalue weighted by Crippen LogP contribution is -2.45. The number of amides is 2. The number of aliphatic imine (C=N–C) groups is 1. The minimum absolute atomic E-state index is 0.120. The summed E-state index contributed by atoms with van der Waals surface area (Å²) in [7, 11) is 1.69. The minimum atomic E-state index is -0.739. The second kappa shape index (κ2) is 10.4. The third kappa shape index (κ3) is 5.60. The number of carbonyl (C=O) groups is 2. The fraction of sp³-hybridized carbons (Fsp3) is 0.292. The van der Waals surface area contributed by atoms with Gasteiger partial charge in [0.1, 0.15) is 6.04 Å². The molecule has 1 fully saturated rings. The largest absolute Gasteiger partial charge is 0.391 e. The van der Waals surface area contributed by atoms with Gasteiger partial charge in [-0.25, -0.2) is 0 Å². The van der Waals surface area contributed by atoms with Gasteiger partial charge < -0.3 is 15.3 Å². The van der Waals surface area contributed by atoms with E-state index in [2.05, 4.69) is 10.3 Å². The quantitative estimate of drug-likeness (QED) is 0.677. The topological polar surface area (TPSA) is 82.0 Å². The maximum Gasteiger partial charge on any atom is 0.254 e. The summed E-state index contributed by atoms with van der Waals surface area (Å²) in [6, 6.07) is 13.7. The predicted molar refractivity (Wildman–Crippen MR) is 123 cm³/mol. The van der Waals surface area contributed by atoms with Crippen molar-refractivity contribution < 1.29 is 14.7 Å². The summed E-state index contributed by atoms with van der Waals surface area (Å²) in [4.78, 5) is 31.5. The molecule has 1 aliphatic rings. The van der Waals surface area contributed by atoms with E-state index in [0.29, 0.717) is 17.1 Å². The van der Waals surface area contributed by atoms with E-state index in [1.165, 1.54) is 4.90 Å². The van der Waals surface area contributed by atoms with E-state index in [1.807, 2.05) is 31.2 Å². The van der Waals surface area contributed by atoms with Crippen LogP contribution in [0.5, 0.6) is 0 Å². The Labute approximate surface area is 187 Å². The van der Waals surface area contributed by atoms with Crippen LogP contribution in [-0.2, 0) is 11.3 Å². The Morgan fingerprint density at radius 3 is 2.61 bits per heavy atom. The molecule has 0 bridgehead atoms. The number of β-amino-alcohol motifs (C(OH)–C–C–N with tert-alkyl or cyclic N) is 1. The molecule has 1 aliphatic heterocycles. The lowest BCUT2D eigenvalue weighted by Gasteiger charge is -2.24. The molecular weight excluding hydrogens is 414 g/mol. The number of nitrogens with one attached hydrogen (secondary N) is 1. The van der Waals surface area contributed by atoms with Gasteiger partial charge in [0, 0.05) is 43.4 Å². The number of hydrogen-bond acceptors (Lipinski definition) is 4. The summed E-state index contributed by atoms with van der Waals surface area (Å²) >= 11 is 5.89. The first-order chi connectivity index (χ1) is 14.9. The van der Waals surface area contributed by atoms with Crippen molar-refractivity contribution in [1.82, 2.24) is 10.2 Å². The van der Waals surface area contributed by atoms with Gasteiger partial charge in [0.25, 0.3) is 5.91 Å². The van der Waals surface area contributed by atoms with Gasteiger partial charge >= 0.3 is 0 Å². The van der Waals surface area contributed by atoms with Gasteiger partial charge in [-0.2, -0.15) is 0 Å². The number of halogens is 1. The third-order valence-electron chi connectivity index (χ3n) is 5.24. The Balaban J connectivity index is 1.75. The molecule has 1 saturated heterocycles. The van der Waals surface area contributed by atoms with Crippen LogP contribution >= 0.6 is 11.6 Å². The van der Waals surface area contributed by atoms with Gasteiger partial charge in [-0.05, 0) is 47.9 Å². The molecule has 6 nitrogen and oxygen atoms in total. The van der Waals surface area contributed by atoms with E-state index in [4.69, 9.17) is 11.6 Å². The third-order valence-corrected chi connectivity index (χ3v) is 5.50. The van der Waals surface area contributed by atoms with Crippen LogP contribution in [-0.4, -0.2) is 53.8 Å². The summed E-state index contributed by atoms with van der Waals surface area (Å²) in [5, 5.41) is 13.6. The average Bonchev–Trinajstić information content (AvgIpc) is 3.18. The molecule has 2 atom stereocenters. The maximum absolute atomic E-state index is 13.2. The second-order valence-corrected chi connectivity index (χ2v) is 7.86. The zero-order chi connectivity index (χ0) is 22.4. The second-order valence-electron chi connectivity index (χ2n) is 7.42. The van der Waals surface area contributed by atoms with Crippen LogP contribution in [0.1, 0.15) is 34.8 Å². The first-order valence-electron chi connectivity index (χ1n) is 10.1. The normalized spacial score (nSPS) is 19.1. The number of likely N-dealkylation sites (tertiary alicyclic amines) is 1. The van der Waals surface area contributed by atoms with Crippen LogP contribution in [0, 0.1) is 0 Å².